The van der Waals surface area contributed by atoms with Crippen molar-refractivity contribution in [3.05, 3.63) is 59.7 Å². The van der Waals surface area contributed by atoms with E-state index in [0.717, 1.165) is 23.2 Å². The van der Waals surface area contributed by atoms with Crippen molar-refractivity contribution in [2.75, 3.05) is 188 Å². The molecule has 1 radical (unpaired) electrons. The number of amides is 5. The van der Waals surface area contributed by atoms with Gasteiger partial charge in [0, 0.05) is 217 Å². The first-order valence-electron chi connectivity index (χ1n) is 35.0. The van der Waals surface area contributed by atoms with E-state index in [4.69, 9.17) is 55.6 Å². The van der Waals surface area contributed by atoms with E-state index < -0.39 is 47.6 Å². The number of hydrogen-bond donors (Lipinski definition) is 14. The predicted molar refractivity (Wildman–Crippen MR) is 403 cm³/mol. The normalized spacial score (nSPS) is 13.5. The number of carbonyl (C=O) groups is 9. The molecule has 1 aliphatic heterocycles. The average molecular weight is 1830 g/mol. The van der Waals surface area contributed by atoms with Gasteiger partial charge in [-0.05, 0) is 131 Å². The van der Waals surface area contributed by atoms with Crippen LogP contribution in [0.25, 0.3) is 0 Å². The van der Waals surface area contributed by atoms with Crippen molar-refractivity contribution in [1.29, 1.82) is 0 Å². The van der Waals surface area contributed by atoms with E-state index in [1.165, 1.54) is 6.92 Å². The summed E-state index contributed by atoms with van der Waals surface area (Å²) < 4.78 is 22.5. The maximum Gasteiger partial charge on any atom is 0.317 e. The molecule has 2 aromatic carbocycles. The molecular weight excluding hydrogens is 1710 g/mol. The molecule has 1 aliphatic rings. The molecular formula is C67H112LuN14O22S3Zr. The number of hydroxylamine groups is 6. The first kappa shape index (κ1) is 105. The summed E-state index contributed by atoms with van der Waals surface area (Å²) in [5.41, 5.74) is 3.11. The minimum Gasteiger partial charge on any atom is -0.480 e. The van der Waals surface area contributed by atoms with E-state index >= 15 is 0 Å². The minimum absolute atomic E-state index is 0. The average Bonchev–Trinajstić information content (AvgIpc) is 0.883. The van der Waals surface area contributed by atoms with Crippen molar-refractivity contribution >= 4 is 117 Å². The van der Waals surface area contributed by atoms with E-state index in [0.29, 0.717) is 179 Å². The Bertz CT molecular complexity index is 2960. The number of carbonyl (C=O) groups excluding carboxylic acids is 5. The Labute approximate surface area is 695 Å². The number of unbranched alkanes of at least 4 members (excludes halogenated alkanes) is 6. The molecule has 0 spiro atoms. The second-order valence-electron chi connectivity index (χ2n) is 24.5. The molecule has 1 heterocycles. The fraction of sp³-hybridized carbons (Fsp3) is 0.642. The molecule has 108 heavy (non-hydrogen) atoms. The summed E-state index contributed by atoms with van der Waals surface area (Å²) in [7, 11) is 0. The summed E-state index contributed by atoms with van der Waals surface area (Å²) in [5.74, 6) is -6.55. The maximum atomic E-state index is 12.4. The van der Waals surface area contributed by atoms with E-state index in [9.17, 15) is 79.2 Å². The van der Waals surface area contributed by atoms with Crippen LogP contribution in [0, 0.1) is 36.9 Å². The quantitative estimate of drug-likeness (QED) is 0.0181. The van der Waals surface area contributed by atoms with Gasteiger partial charge in [-0.15, -0.1) is 0 Å². The van der Waals surface area contributed by atoms with Crippen molar-refractivity contribution in [1.82, 2.24) is 61.4 Å². The van der Waals surface area contributed by atoms with Crippen LogP contribution in [0.4, 0.5) is 11.4 Å². The van der Waals surface area contributed by atoms with Crippen LogP contribution >= 0.6 is 36.7 Å². The molecule has 18 N–H and O–H groups in total. The Morgan fingerprint density at radius 2 is 0.806 bits per heavy atom. The molecule has 41 heteroatoms. The third-order valence-electron chi connectivity index (χ3n) is 16.0. The van der Waals surface area contributed by atoms with Gasteiger partial charge in [0.2, 0.25) is 29.5 Å². The van der Waals surface area contributed by atoms with Gasteiger partial charge in [0.05, 0.1) is 79.0 Å². The summed E-state index contributed by atoms with van der Waals surface area (Å²) in [6.45, 7) is 6.95. The monoisotopic (exact) mass is 1820 g/mol. The second kappa shape index (κ2) is 64.1. The zero-order valence-electron chi connectivity index (χ0n) is 61.2. The van der Waals surface area contributed by atoms with Crippen molar-refractivity contribution < 1.29 is 172 Å². The van der Waals surface area contributed by atoms with Crippen LogP contribution in [-0.4, -0.2) is 334 Å². The molecule has 0 aromatic heterocycles. The van der Waals surface area contributed by atoms with Crippen LogP contribution in [0.1, 0.15) is 102 Å². The zero-order chi connectivity index (χ0) is 76.3. The number of ether oxygens (including phenoxy) is 4. The van der Waals surface area contributed by atoms with E-state index in [2.05, 4.69) is 37.2 Å². The van der Waals surface area contributed by atoms with Crippen LogP contribution in [0.15, 0.2) is 48.5 Å². The number of thiocarbonyl (C=S) groups is 3. The van der Waals surface area contributed by atoms with Crippen LogP contribution in [-0.2, 0) is 94.7 Å². The fourth-order valence-corrected chi connectivity index (χ4v) is 11.1. The maximum absolute atomic E-state index is 12.4. The van der Waals surface area contributed by atoms with Crippen LogP contribution in [0.3, 0.4) is 0 Å². The molecule has 3 rings (SSSR count). The summed E-state index contributed by atoms with van der Waals surface area (Å²) in [6.07, 6.45) is 5.42. The van der Waals surface area contributed by atoms with E-state index in [1.807, 2.05) is 48.5 Å². The molecule has 619 valence electrons. The Morgan fingerprint density at radius 3 is 1.23 bits per heavy atom. The van der Waals surface area contributed by atoms with Crippen LogP contribution in [0.2, 0.25) is 0 Å². The van der Waals surface area contributed by atoms with Gasteiger partial charge < -0.3 is 87.5 Å². The zero-order valence-corrected chi connectivity index (χ0v) is 67.8. The fourth-order valence-electron chi connectivity index (χ4n) is 10.4. The van der Waals surface area contributed by atoms with Crippen LogP contribution < -0.4 is 37.2 Å². The molecule has 5 amide bonds. The van der Waals surface area contributed by atoms with Gasteiger partial charge >= 0.3 is 23.9 Å². The SMILES string of the molecule is CC(=O)N(O)CCCCCNC(=O)CCC(=O)N(O)CCCCCNC(=O)CCC(=O)N(O)CCCCCNC(=S)Nc1ccc(C(=S)NCCOCCOCCOCCOCCNC(=S)Nc2ccc(CC3CN(CC(=O)O)CCN(CC(=O)O)CCN(CC(=O)O)CCN3CC(=O)O)cc2)cc1.O.O.[89Zr].[Lu]. The first-order chi connectivity index (χ1) is 49.9. The summed E-state index contributed by atoms with van der Waals surface area (Å²) in [4.78, 5) is 115. The number of nitrogens with zero attached hydrogens (tertiary/aromatic N) is 7. The molecule has 0 aliphatic carbocycles. The third kappa shape index (κ3) is 52.7. The summed E-state index contributed by atoms with van der Waals surface area (Å²) in [5, 5.41) is 92.1. The number of aliphatic carboxylic acids is 4. The second-order valence-corrected chi connectivity index (χ2v) is 25.7. The largest absolute Gasteiger partial charge is 0.480 e. The molecule has 0 saturated carbocycles. The molecule has 0 bridgehead atoms. The Hall–Kier alpha value is -5.46. The van der Waals surface area contributed by atoms with E-state index in [1.54, 1.807) is 19.6 Å². The standard InChI is InChI=1S/C67H108N14O20S3.Lu.2H2O.Zr/c1-51(82)79(95)28-8-2-5-23-68-57(83)19-21-59(85)80(96)29-9-3-6-24-69-58(84)20-22-60(86)81(97)30-10-4-7-25-71-66(103)74-55-17-13-53(14-18-55)65(102)70-26-37-98-39-41-100-43-44-101-42-40-99-38-27-72-67(104)73-54-15-11-52(12-16-54)45-56-46-77(49-63(91)92)34-33-75(47-61(87)88)31-32-76(48-62(89)90)35-36-78(56)50-64(93)94;;;;/h11-18,56,95-97H,2-10,19-50H2,1H3,(H,68,83)(H,69,84)(H,70,102)(H,87,88)(H,89,90)(H,91,92)(H,93,94)(H2,71,74,103)(H2,72,73,104);;2*1H2;/i;;;;1-2. The number of carboxylic acids is 4. The molecule has 1 saturated heterocycles. The third-order valence-corrected chi connectivity index (χ3v) is 16.9. The van der Waals surface area contributed by atoms with Gasteiger partial charge in [-0.1, -0.05) is 24.4 Å². The van der Waals surface area contributed by atoms with Gasteiger partial charge in [0.25, 0.3) is 0 Å². The molecule has 1 unspecified atom stereocenters. The Balaban J connectivity index is 0. The van der Waals surface area contributed by atoms with E-state index in [-0.39, 0.29) is 203 Å². The van der Waals surface area contributed by atoms with Gasteiger partial charge in [-0.3, -0.25) is 78.4 Å². The predicted octanol–water partition coefficient (Wildman–Crippen LogP) is 0.0873. The topological polar surface area (TPSA) is 502 Å². The molecule has 36 nitrogen and oxygen atoms in total. The number of nitrogens with one attached hydrogen (secondary N) is 7. The van der Waals surface area contributed by atoms with Gasteiger partial charge in [-0.2, -0.15) is 0 Å². The van der Waals surface area contributed by atoms with Gasteiger partial charge in [0.1, 0.15) is 4.99 Å². The number of anilines is 2. The smallest absolute Gasteiger partial charge is 0.317 e. The summed E-state index contributed by atoms with van der Waals surface area (Å²) in [6, 6.07) is 14.3. The number of rotatable bonds is 52. The number of hydrogen-bond acceptors (Lipinski definition) is 23. The summed E-state index contributed by atoms with van der Waals surface area (Å²) >= 11 is 16.5. The molecule has 1 fully saturated rings. The molecule has 1 atom stereocenters. The Kier molecular flexibility index (Phi) is 62.1. The molecule has 2 aromatic rings. The van der Waals surface area contributed by atoms with Crippen LogP contribution in [0.5, 0.6) is 0 Å². The van der Waals surface area contributed by atoms with Crippen molar-refractivity contribution in [2.24, 2.45) is 0 Å². The van der Waals surface area contributed by atoms with Gasteiger partial charge in [0.15, 0.2) is 10.2 Å². The first-order valence-corrected chi connectivity index (χ1v) is 36.2. The number of carboxylic acid groups (broad SMARTS) is 4. The minimum atomic E-state index is -1.09. The number of benzene rings is 2. The van der Waals surface area contributed by atoms with Gasteiger partial charge in [-0.25, -0.2) is 15.2 Å². The Morgan fingerprint density at radius 1 is 0.444 bits per heavy atom. The van der Waals surface area contributed by atoms with Crippen molar-refractivity contribution in [2.45, 2.75) is 103 Å². The van der Waals surface area contributed by atoms with Crippen molar-refractivity contribution in [3.63, 3.8) is 0 Å². The van der Waals surface area contributed by atoms with Crippen molar-refractivity contribution in [3.8, 4) is 0 Å².